The van der Waals surface area contributed by atoms with Gasteiger partial charge in [0.15, 0.2) is 0 Å². The van der Waals surface area contributed by atoms with Gasteiger partial charge in [0.25, 0.3) is 15.9 Å². The van der Waals surface area contributed by atoms with Gasteiger partial charge in [-0.05, 0) is 55.3 Å². The zero-order valence-electron chi connectivity index (χ0n) is 16.5. The minimum absolute atomic E-state index is 0.114. The number of aliphatic hydroxyl groups excluding tert-OH is 1. The minimum atomic E-state index is -3.79. The average molecular weight is 437 g/mol. The number of rotatable bonds is 5. The van der Waals surface area contributed by atoms with Crippen molar-refractivity contribution in [2.24, 2.45) is 0 Å². The van der Waals surface area contributed by atoms with Crippen molar-refractivity contribution in [3.05, 3.63) is 59.1 Å². The van der Waals surface area contributed by atoms with Gasteiger partial charge in [-0.15, -0.1) is 0 Å². The van der Waals surface area contributed by atoms with E-state index in [4.69, 9.17) is 11.6 Å². The van der Waals surface area contributed by atoms with Crippen LogP contribution in [0.5, 0.6) is 0 Å². The van der Waals surface area contributed by atoms with Crippen molar-refractivity contribution in [1.82, 2.24) is 4.90 Å². The summed E-state index contributed by atoms with van der Waals surface area (Å²) < 4.78 is 26.9. The van der Waals surface area contributed by atoms with Gasteiger partial charge in [-0.2, -0.15) is 0 Å². The molecular weight excluding hydrogens is 412 g/mol. The smallest absolute Gasteiger partial charge is 0.264 e. The molecule has 0 saturated heterocycles. The molecule has 1 aliphatic rings. The highest BCUT2D eigenvalue weighted by molar-refractivity contribution is 7.92. The molecule has 1 aliphatic carbocycles. The first-order valence-corrected chi connectivity index (χ1v) is 11.3. The first-order valence-electron chi connectivity index (χ1n) is 9.51. The van der Waals surface area contributed by atoms with Crippen molar-refractivity contribution in [2.75, 3.05) is 18.4 Å². The van der Waals surface area contributed by atoms with Crippen LogP contribution in [0.15, 0.2) is 53.4 Å². The summed E-state index contributed by atoms with van der Waals surface area (Å²) in [5.41, 5.74) is 0.754. The maximum atomic E-state index is 13.0. The lowest BCUT2D eigenvalue weighted by Crippen LogP contribution is -2.46. The molecule has 1 saturated carbocycles. The summed E-state index contributed by atoms with van der Waals surface area (Å²) in [5, 5.41) is 10.7. The largest absolute Gasteiger partial charge is 0.391 e. The summed E-state index contributed by atoms with van der Waals surface area (Å²) in [5.74, 6) is -0.241. The second kappa shape index (κ2) is 8.73. The summed E-state index contributed by atoms with van der Waals surface area (Å²) in [6.45, 7) is 0. The molecule has 0 heterocycles. The molecule has 0 radical (unpaired) electrons. The van der Waals surface area contributed by atoms with Crippen molar-refractivity contribution in [3.8, 4) is 0 Å². The van der Waals surface area contributed by atoms with Gasteiger partial charge in [-0.25, -0.2) is 8.42 Å². The Labute approximate surface area is 176 Å². The fraction of sp³-hybridized carbons (Fsp3) is 0.381. The highest BCUT2D eigenvalue weighted by Crippen LogP contribution is 2.26. The molecule has 1 fully saturated rings. The molecule has 8 heteroatoms. The lowest BCUT2D eigenvalue weighted by atomic mass is 9.91. The van der Waals surface area contributed by atoms with Crippen LogP contribution in [0.25, 0.3) is 0 Å². The van der Waals surface area contributed by atoms with Gasteiger partial charge in [0.1, 0.15) is 0 Å². The van der Waals surface area contributed by atoms with E-state index in [9.17, 15) is 18.3 Å². The lowest BCUT2D eigenvalue weighted by Gasteiger charge is -2.35. The van der Waals surface area contributed by atoms with Crippen LogP contribution in [-0.2, 0) is 10.0 Å². The van der Waals surface area contributed by atoms with Crippen molar-refractivity contribution >= 4 is 33.2 Å². The highest BCUT2D eigenvalue weighted by atomic mass is 35.5. The Balaban J connectivity index is 1.84. The van der Waals surface area contributed by atoms with Crippen molar-refractivity contribution in [3.63, 3.8) is 0 Å². The molecule has 29 heavy (non-hydrogen) atoms. The SMILES string of the molecule is CN(C(=O)c1cccc(N(C)S(=O)(=O)c2ccc(Cl)cc2)c1)[C@@H]1CCCC[C@H]1O. The number of nitrogens with zero attached hydrogens (tertiary/aromatic N) is 2. The zero-order valence-corrected chi connectivity index (χ0v) is 18.0. The van der Waals surface area contributed by atoms with Crippen molar-refractivity contribution in [2.45, 2.75) is 42.7 Å². The third-order valence-corrected chi connectivity index (χ3v) is 7.49. The normalized spacial score (nSPS) is 19.6. The summed E-state index contributed by atoms with van der Waals surface area (Å²) in [4.78, 5) is 14.6. The number of hydrogen-bond acceptors (Lipinski definition) is 4. The fourth-order valence-corrected chi connectivity index (χ4v) is 4.95. The molecular formula is C21H25ClN2O4S. The molecule has 156 valence electrons. The Morgan fingerprint density at radius 2 is 1.72 bits per heavy atom. The number of hydrogen-bond donors (Lipinski definition) is 1. The molecule has 0 aliphatic heterocycles. The number of anilines is 1. The first kappa shape index (κ1) is 21.6. The molecule has 2 aromatic carbocycles. The van der Waals surface area contributed by atoms with Crippen LogP contribution in [-0.4, -0.2) is 50.6 Å². The van der Waals surface area contributed by atoms with E-state index in [-0.39, 0.29) is 16.8 Å². The summed E-state index contributed by atoms with van der Waals surface area (Å²) in [6.07, 6.45) is 2.84. The van der Waals surface area contributed by atoms with Gasteiger partial charge in [-0.3, -0.25) is 9.10 Å². The molecule has 0 aromatic heterocycles. The molecule has 1 N–H and O–H groups in total. The molecule has 2 aromatic rings. The zero-order chi connectivity index (χ0) is 21.2. The second-order valence-corrected chi connectivity index (χ2v) is 9.72. The third kappa shape index (κ3) is 4.57. The van der Waals surface area contributed by atoms with E-state index in [2.05, 4.69) is 0 Å². The van der Waals surface area contributed by atoms with Crippen LogP contribution in [0.1, 0.15) is 36.0 Å². The maximum Gasteiger partial charge on any atom is 0.264 e. The number of likely N-dealkylation sites (N-methyl/N-ethyl adjacent to an activating group) is 1. The second-order valence-electron chi connectivity index (χ2n) is 7.31. The number of aliphatic hydroxyl groups is 1. The Kier molecular flexibility index (Phi) is 6.51. The number of amides is 1. The third-order valence-electron chi connectivity index (χ3n) is 5.44. The van der Waals surface area contributed by atoms with Crippen molar-refractivity contribution in [1.29, 1.82) is 0 Å². The van der Waals surface area contributed by atoms with Crippen LogP contribution < -0.4 is 4.31 Å². The Bertz CT molecular complexity index is 978. The van der Waals surface area contributed by atoms with Gasteiger partial charge >= 0.3 is 0 Å². The van der Waals surface area contributed by atoms with Gasteiger partial charge < -0.3 is 10.0 Å². The molecule has 0 unspecified atom stereocenters. The van der Waals surface area contributed by atoms with Gasteiger partial charge in [-0.1, -0.05) is 30.5 Å². The average Bonchev–Trinajstić information content (AvgIpc) is 2.73. The predicted octanol–water partition coefficient (Wildman–Crippen LogP) is 3.54. The topological polar surface area (TPSA) is 77.9 Å². The molecule has 2 atom stereocenters. The molecule has 0 bridgehead atoms. The van der Waals surface area contributed by atoms with Crippen LogP contribution in [0, 0.1) is 0 Å². The number of benzene rings is 2. The van der Waals surface area contributed by atoms with E-state index in [0.717, 1.165) is 23.6 Å². The van der Waals surface area contributed by atoms with E-state index in [1.54, 1.807) is 36.2 Å². The van der Waals surface area contributed by atoms with Gasteiger partial charge in [0.2, 0.25) is 0 Å². The lowest BCUT2D eigenvalue weighted by molar-refractivity contribution is 0.0268. The summed E-state index contributed by atoms with van der Waals surface area (Å²) in [6, 6.07) is 12.2. The number of carbonyl (C=O) groups is 1. The first-order chi connectivity index (χ1) is 13.7. The number of carbonyl (C=O) groups excluding carboxylic acids is 1. The van der Waals surface area contributed by atoms with E-state index < -0.39 is 16.1 Å². The van der Waals surface area contributed by atoms with Crippen LogP contribution in [0.4, 0.5) is 5.69 Å². The van der Waals surface area contributed by atoms with Gasteiger partial charge in [0.05, 0.1) is 22.7 Å². The Morgan fingerprint density at radius 3 is 2.38 bits per heavy atom. The van der Waals surface area contributed by atoms with E-state index in [1.807, 2.05) is 0 Å². The van der Waals surface area contributed by atoms with E-state index in [1.165, 1.54) is 31.3 Å². The Hall–Kier alpha value is -2.09. The molecule has 3 rings (SSSR count). The summed E-state index contributed by atoms with van der Waals surface area (Å²) >= 11 is 5.85. The summed E-state index contributed by atoms with van der Waals surface area (Å²) in [7, 11) is -0.661. The highest BCUT2D eigenvalue weighted by Gasteiger charge is 2.30. The quantitative estimate of drug-likeness (QED) is 0.777. The van der Waals surface area contributed by atoms with E-state index >= 15 is 0 Å². The van der Waals surface area contributed by atoms with Crippen LogP contribution in [0.2, 0.25) is 5.02 Å². The monoisotopic (exact) mass is 436 g/mol. The Morgan fingerprint density at radius 1 is 1.07 bits per heavy atom. The predicted molar refractivity (Wildman–Crippen MR) is 114 cm³/mol. The molecule has 1 amide bonds. The van der Waals surface area contributed by atoms with Crippen LogP contribution >= 0.6 is 11.6 Å². The van der Waals surface area contributed by atoms with E-state index in [0.29, 0.717) is 22.7 Å². The molecule has 6 nitrogen and oxygen atoms in total. The van der Waals surface area contributed by atoms with Crippen LogP contribution in [0.3, 0.4) is 0 Å². The standard InChI is InChI=1S/C21H25ClN2O4S/c1-23(19-8-3-4-9-20(19)25)21(26)15-6-5-7-17(14-15)24(2)29(27,28)18-12-10-16(22)11-13-18/h5-7,10-14,19-20,25H,3-4,8-9H2,1-2H3/t19-,20-/m1/s1. The molecule has 0 spiro atoms. The number of halogens is 1. The minimum Gasteiger partial charge on any atom is -0.391 e. The van der Waals surface area contributed by atoms with Crippen molar-refractivity contribution < 1.29 is 18.3 Å². The maximum absolute atomic E-state index is 13.0. The van der Waals surface area contributed by atoms with Gasteiger partial charge in [0, 0.05) is 24.7 Å². The number of sulfonamides is 1. The fourth-order valence-electron chi connectivity index (χ4n) is 3.64.